The van der Waals surface area contributed by atoms with Crippen molar-refractivity contribution in [2.75, 3.05) is 24.6 Å². The van der Waals surface area contributed by atoms with Crippen LogP contribution in [-0.2, 0) is 4.79 Å². The number of carbonyl (C=O) groups is 1. The van der Waals surface area contributed by atoms with Crippen LogP contribution in [-0.4, -0.2) is 36.7 Å². The van der Waals surface area contributed by atoms with Gasteiger partial charge in [-0.1, -0.05) is 38.1 Å². The maximum absolute atomic E-state index is 11.8. The molecule has 2 aromatic carbocycles. The summed E-state index contributed by atoms with van der Waals surface area (Å²) in [5.74, 6) is -0.469. The van der Waals surface area contributed by atoms with Crippen LogP contribution >= 0.6 is 0 Å². The Labute approximate surface area is 170 Å². The van der Waals surface area contributed by atoms with Crippen LogP contribution in [0.15, 0.2) is 53.6 Å². The van der Waals surface area contributed by atoms with Crippen molar-refractivity contribution in [2.24, 2.45) is 5.10 Å². The average molecular weight is 398 g/mol. The number of ether oxygens (including phenoxy) is 1. The van der Waals surface area contributed by atoms with Crippen LogP contribution < -0.4 is 15.1 Å². The van der Waals surface area contributed by atoms with Gasteiger partial charge in [0.25, 0.3) is 5.91 Å². The Morgan fingerprint density at radius 1 is 1.14 bits per heavy atom. The molecule has 0 aliphatic carbocycles. The number of anilines is 1. The van der Waals surface area contributed by atoms with Gasteiger partial charge in [0.05, 0.1) is 11.1 Å². The van der Waals surface area contributed by atoms with Crippen molar-refractivity contribution in [1.29, 1.82) is 0 Å². The second kappa shape index (κ2) is 11.4. The highest BCUT2D eigenvalue weighted by atomic mass is 16.6. The first-order valence-corrected chi connectivity index (χ1v) is 9.58. The second-order valence-corrected chi connectivity index (χ2v) is 6.39. The summed E-state index contributed by atoms with van der Waals surface area (Å²) < 4.78 is 5.22. The third-order valence-electron chi connectivity index (χ3n) is 4.07. The monoisotopic (exact) mass is 398 g/mol. The predicted octanol–water partition coefficient (Wildman–Crippen LogP) is 3.75. The zero-order chi connectivity index (χ0) is 21.1. The van der Waals surface area contributed by atoms with E-state index in [1.807, 2.05) is 24.3 Å². The highest BCUT2D eigenvalue weighted by Gasteiger charge is 2.14. The summed E-state index contributed by atoms with van der Waals surface area (Å²) in [7, 11) is 0. The molecule has 8 heteroatoms. The molecule has 0 heterocycles. The highest BCUT2D eigenvalue weighted by molar-refractivity contribution is 5.83. The summed E-state index contributed by atoms with van der Waals surface area (Å²) in [6.45, 7) is 5.97. The van der Waals surface area contributed by atoms with E-state index in [9.17, 15) is 14.9 Å². The molecule has 2 aromatic rings. The number of rotatable bonds is 11. The molecule has 0 aromatic heterocycles. The topological polar surface area (TPSA) is 97.1 Å². The van der Waals surface area contributed by atoms with Crippen molar-refractivity contribution in [3.05, 3.63) is 64.2 Å². The molecule has 0 atom stereocenters. The Morgan fingerprint density at radius 3 is 2.41 bits per heavy atom. The molecule has 0 radical (unpaired) electrons. The zero-order valence-electron chi connectivity index (χ0n) is 16.7. The number of amides is 1. The lowest BCUT2D eigenvalue weighted by Gasteiger charge is -2.23. The fourth-order valence-corrected chi connectivity index (χ4v) is 2.77. The maximum Gasteiger partial charge on any atom is 0.310 e. The third-order valence-corrected chi connectivity index (χ3v) is 4.07. The van der Waals surface area contributed by atoms with Crippen LogP contribution in [0.3, 0.4) is 0 Å². The van der Waals surface area contributed by atoms with E-state index in [0.29, 0.717) is 0 Å². The molecule has 2 rings (SSSR count). The number of nitrogens with zero attached hydrogens (tertiary/aromatic N) is 3. The third kappa shape index (κ3) is 6.91. The van der Waals surface area contributed by atoms with E-state index < -0.39 is 10.8 Å². The summed E-state index contributed by atoms with van der Waals surface area (Å²) in [4.78, 5) is 24.6. The maximum atomic E-state index is 11.8. The number of hydrazone groups is 1. The van der Waals surface area contributed by atoms with Gasteiger partial charge in [-0.15, -0.1) is 0 Å². The first-order chi connectivity index (χ1) is 14.0. The summed E-state index contributed by atoms with van der Waals surface area (Å²) in [6.07, 6.45) is 3.71. The first-order valence-electron chi connectivity index (χ1n) is 9.58. The van der Waals surface area contributed by atoms with Gasteiger partial charge in [-0.2, -0.15) is 5.10 Å². The minimum Gasteiger partial charge on any atom is -0.477 e. The molecule has 154 valence electrons. The van der Waals surface area contributed by atoms with E-state index >= 15 is 0 Å². The predicted molar refractivity (Wildman–Crippen MR) is 114 cm³/mol. The fourth-order valence-electron chi connectivity index (χ4n) is 2.77. The van der Waals surface area contributed by atoms with Gasteiger partial charge in [0.2, 0.25) is 0 Å². The minimum absolute atomic E-state index is 0.0379. The van der Waals surface area contributed by atoms with Crippen molar-refractivity contribution in [1.82, 2.24) is 5.43 Å². The second-order valence-electron chi connectivity index (χ2n) is 6.39. The molecular weight excluding hydrogens is 372 g/mol. The molecule has 0 aliphatic rings. The molecule has 0 aliphatic heterocycles. The molecular formula is C21H26N4O4. The lowest BCUT2D eigenvalue weighted by Crippen LogP contribution is -2.25. The van der Waals surface area contributed by atoms with Crippen molar-refractivity contribution >= 4 is 23.5 Å². The van der Waals surface area contributed by atoms with Gasteiger partial charge in [-0.25, -0.2) is 5.43 Å². The lowest BCUT2D eigenvalue weighted by atomic mass is 10.2. The Kier molecular flexibility index (Phi) is 8.62. The van der Waals surface area contributed by atoms with Crippen LogP contribution in [0.2, 0.25) is 0 Å². The smallest absolute Gasteiger partial charge is 0.310 e. The van der Waals surface area contributed by atoms with Gasteiger partial charge in [0.1, 0.15) is 0 Å². The number of nitro groups is 1. The zero-order valence-corrected chi connectivity index (χ0v) is 16.7. The number of carbonyl (C=O) groups excluding carboxylic acids is 1. The highest BCUT2D eigenvalue weighted by Crippen LogP contribution is 2.25. The van der Waals surface area contributed by atoms with Crippen molar-refractivity contribution in [3.8, 4) is 5.75 Å². The Balaban J connectivity index is 1.86. The van der Waals surface area contributed by atoms with Crippen molar-refractivity contribution < 1.29 is 14.5 Å². The average Bonchev–Trinajstić information content (AvgIpc) is 2.73. The molecule has 0 saturated carbocycles. The van der Waals surface area contributed by atoms with E-state index in [0.717, 1.165) is 37.2 Å². The molecule has 29 heavy (non-hydrogen) atoms. The SMILES string of the molecule is CCCN(CCC)c1ccc(/C=N\NC(=O)COc2ccccc2[N+](=O)[O-])cc1. The number of nitrogens with one attached hydrogen (secondary N) is 1. The Morgan fingerprint density at radius 2 is 1.79 bits per heavy atom. The van der Waals surface area contributed by atoms with Crippen molar-refractivity contribution in [2.45, 2.75) is 26.7 Å². The number of benzene rings is 2. The molecule has 1 amide bonds. The number of hydrogen-bond acceptors (Lipinski definition) is 6. The van der Waals surface area contributed by atoms with Crippen LogP contribution in [0.1, 0.15) is 32.3 Å². The van der Waals surface area contributed by atoms with Gasteiger partial charge >= 0.3 is 5.69 Å². The van der Waals surface area contributed by atoms with Gasteiger partial charge < -0.3 is 9.64 Å². The molecule has 0 saturated heterocycles. The Hall–Kier alpha value is -3.42. The first kappa shape index (κ1) is 21.9. The summed E-state index contributed by atoms with van der Waals surface area (Å²) in [5, 5.41) is 14.8. The summed E-state index contributed by atoms with van der Waals surface area (Å²) >= 11 is 0. The van der Waals surface area contributed by atoms with E-state index in [1.165, 1.54) is 24.4 Å². The molecule has 0 unspecified atom stereocenters. The number of nitro benzene ring substituents is 1. The van der Waals surface area contributed by atoms with Gasteiger partial charge in [0, 0.05) is 24.8 Å². The minimum atomic E-state index is -0.558. The molecule has 8 nitrogen and oxygen atoms in total. The fraction of sp³-hybridized carbons (Fsp3) is 0.333. The Bertz CT molecular complexity index is 831. The summed E-state index contributed by atoms with van der Waals surface area (Å²) in [5.41, 5.74) is 4.17. The quantitative estimate of drug-likeness (QED) is 0.353. The van der Waals surface area contributed by atoms with Crippen LogP contribution in [0.5, 0.6) is 5.75 Å². The van der Waals surface area contributed by atoms with Crippen LogP contribution in [0, 0.1) is 10.1 Å². The van der Waals surface area contributed by atoms with Crippen molar-refractivity contribution in [3.63, 3.8) is 0 Å². The molecule has 0 spiro atoms. The summed E-state index contributed by atoms with van der Waals surface area (Å²) in [6, 6.07) is 13.8. The van der Waals surface area contributed by atoms with Crippen LogP contribution in [0.25, 0.3) is 0 Å². The molecule has 0 fully saturated rings. The number of hydrogen-bond donors (Lipinski definition) is 1. The largest absolute Gasteiger partial charge is 0.477 e. The van der Waals surface area contributed by atoms with Crippen LogP contribution in [0.4, 0.5) is 11.4 Å². The standard InChI is InChI=1S/C21H26N4O4/c1-3-13-24(14-4-2)18-11-9-17(10-12-18)15-22-23-21(26)16-29-20-8-6-5-7-19(20)25(27)28/h5-12,15H,3-4,13-14,16H2,1-2H3,(H,23,26)/b22-15-. The lowest BCUT2D eigenvalue weighted by molar-refractivity contribution is -0.385. The van der Waals surface area contributed by atoms with Gasteiger partial charge in [0.15, 0.2) is 12.4 Å². The molecule has 0 bridgehead atoms. The van der Waals surface area contributed by atoms with Gasteiger partial charge in [-0.05, 0) is 36.6 Å². The normalized spacial score (nSPS) is 10.7. The van der Waals surface area contributed by atoms with E-state index in [1.54, 1.807) is 6.07 Å². The van der Waals surface area contributed by atoms with E-state index in [4.69, 9.17) is 4.74 Å². The van der Waals surface area contributed by atoms with E-state index in [-0.39, 0.29) is 18.0 Å². The number of para-hydroxylation sites is 2. The van der Waals surface area contributed by atoms with E-state index in [2.05, 4.69) is 29.3 Å². The molecule has 1 N–H and O–H groups in total. The van der Waals surface area contributed by atoms with Gasteiger partial charge in [-0.3, -0.25) is 14.9 Å².